The lowest BCUT2D eigenvalue weighted by atomic mass is 10.1. The van der Waals surface area contributed by atoms with Gasteiger partial charge in [0, 0.05) is 19.2 Å². The van der Waals surface area contributed by atoms with Crippen LogP contribution in [-0.2, 0) is 11.2 Å². The van der Waals surface area contributed by atoms with E-state index in [0.29, 0.717) is 18.2 Å². The first-order chi connectivity index (χ1) is 8.67. The van der Waals surface area contributed by atoms with Crippen molar-refractivity contribution in [3.63, 3.8) is 0 Å². The topological polar surface area (TPSA) is 21.3 Å². The Morgan fingerprint density at radius 1 is 1.44 bits per heavy atom. The van der Waals surface area contributed by atoms with Crippen molar-refractivity contribution in [2.75, 3.05) is 7.11 Å². The highest BCUT2D eigenvalue weighted by Crippen LogP contribution is 2.22. The molecule has 1 aliphatic carbocycles. The van der Waals surface area contributed by atoms with Gasteiger partial charge in [-0.25, -0.2) is 4.39 Å². The molecule has 0 amide bonds. The Hall–Kier alpha value is -0.930. The molecule has 0 spiro atoms. The van der Waals surface area contributed by atoms with Gasteiger partial charge in [0.05, 0.1) is 6.10 Å². The van der Waals surface area contributed by atoms with Gasteiger partial charge in [-0.1, -0.05) is 12.1 Å². The van der Waals surface area contributed by atoms with Crippen LogP contribution in [0, 0.1) is 5.82 Å². The zero-order chi connectivity index (χ0) is 13.0. The summed E-state index contributed by atoms with van der Waals surface area (Å²) in [7, 11) is 1.78. The molecule has 1 fully saturated rings. The summed E-state index contributed by atoms with van der Waals surface area (Å²) in [5.74, 6) is -0.153. The van der Waals surface area contributed by atoms with Crippen molar-refractivity contribution in [2.45, 2.75) is 50.8 Å². The molecule has 0 heterocycles. The fourth-order valence-electron chi connectivity index (χ4n) is 2.78. The van der Waals surface area contributed by atoms with Crippen molar-refractivity contribution in [1.29, 1.82) is 0 Å². The molecule has 0 saturated heterocycles. The number of methoxy groups -OCH3 is 1. The van der Waals surface area contributed by atoms with E-state index in [4.69, 9.17) is 4.74 Å². The molecular weight excluding hydrogens is 229 g/mol. The van der Waals surface area contributed by atoms with E-state index in [-0.39, 0.29) is 5.82 Å². The SMILES string of the molecule is COC1CCC(NC(C)Cc2cccc(F)c2)C1. The van der Waals surface area contributed by atoms with E-state index in [0.717, 1.165) is 24.8 Å². The van der Waals surface area contributed by atoms with Gasteiger partial charge in [0.1, 0.15) is 5.82 Å². The molecule has 0 radical (unpaired) electrons. The van der Waals surface area contributed by atoms with E-state index in [1.165, 1.54) is 12.5 Å². The van der Waals surface area contributed by atoms with Gasteiger partial charge >= 0.3 is 0 Å². The zero-order valence-electron chi connectivity index (χ0n) is 11.2. The van der Waals surface area contributed by atoms with E-state index in [9.17, 15) is 4.39 Å². The monoisotopic (exact) mass is 251 g/mol. The largest absolute Gasteiger partial charge is 0.381 e. The van der Waals surface area contributed by atoms with Crippen LogP contribution in [0.1, 0.15) is 31.7 Å². The molecule has 100 valence electrons. The quantitative estimate of drug-likeness (QED) is 0.868. The number of nitrogens with one attached hydrogen (secondary N) is 1. The van der Waals surface area contributed by atoms with E-state index < -0.39 is 0 Å². The molecule has 2 rings (SSSR count). The first-order valence-electron chi connectivity index (χ1n) is 6.70. The molecule has 1 saturated carbocycles. The minimum atomic E-state index is -0.153. The Balaban J connectivity index is 1.80. The molecule has 1 aromatic carbocycles. The maximum absolute atomic E-state index is 13.1. The lowest BCUT2D eigenvalue weighted by Gasteiger charge is -2.19. The molecular formula is C15H22FNO. The summed E-state index contributed by atoms with van der Waals surface area (Å²) < 4.78 is 18.4. The summed E-state index contributed by atoms with van der Waals surface area (Å²) in [6, 6.07) is 7.76. The maximum atomic E-state index is 13.1. The molecule has 1 aliphatic rings. The third-order valence-electron chi connectivity index (χ3n) is 3.67. The molecule has 3 heteroatoms. The van der Waals surface area contributed by atoms with Gasteiger partial charge in [0.2, 0.25) is 0 Å². The van der Waals surface area contributed by atoms with Crippen molar-refractivity contribution >= 4 is 0 Å². The Bertz CT molecular complexity index is 383. The van der Waals surface area contributed by atoms with Crippen molar-refractivity contribution in [3.05, 3.63) is 35.6 Å². The number of halogens is 1. The zero-order valence-corrected chi connectivity index (χ0v) is 11.2. The molecule has 2 nitrogen and oxygen atoms in total. The molecule has 3 atom stereocenters. The van der Waals surface area contributed by atoms with Crippen LogP contribution in [0.5, 0.6) is 0 Å². The standard InChI is InChI=1S/C15H22FNO/c1-11(8-12-4-3-5-13(16)9-12)17-14-6-7-15(10-14)18-2/h3-5,9,11,14-15,17H,6-8,10H2,1-2H3. The third-order valence-corrected chi connectivity index (χ3v) is 3.67. The van der Waals surface area contributed by atoms with Gasteiger partial charge in [0.25, 0.3) is 0 Å². The normalized spacial score (nSPS) is 25.3. The Labute approximate surface area is 109 Å². The molecule has 1 aromatic rings. The summed E-state index contributed by atoms with van der Waals surface area (Å²) in [5, 5.41) is 3.61. The highest BCUT2D eigenvalue weighted by atomic mass is 19.1. The fourth-order valence-corrected chi connectivity index (χ4v) is 2.78. The van der Waals surface area contributed by atoms with Crippen LogP contribution in [0.3, 0.4) is 0 Å². The first-order valence-corrected chi connectivity index (χ1v) is 6.70. The minimum absolute atomic E-state index is 0.153. The predicted molar refractivity (Wildman–Crippen MR) is 71.1 cm³/mol. The summed E-state index contributed by atoms with van der Waals surface area (Å²) in [6.45, 7) is 2.16. The molecule has 3 unspecified atom stereocenters. The number of rotatable bonds is 5. The Kier molecular flexibility index (Phi) is 4.72. The molecule has 0 aromatic heterocycles. The maximum Gasteiger partial charge on any atom is 0.123 e. The van der Waals surface area contributed by atoms with Crippen molar-refractivity contribution in [3.8, 4) is 0 Å². The smallest absolute Gasteiger partial charge is 0.123 e. The van der Waals surface area contributed by atoms with E-state index >= 15 is 0 Å². The Morgan fingerprint density at radius 2 is 2.28 bits per heavy atom. The lowest BCUT2D eigenvalue weighted by molar-refractivity contribution is 0.106. The van der Waals surface area contributed by atoms with E-state index in [1.54, 1.807) is 19.2 Å². The van der Waals surface area contributed by atoms with Crippen LogP contribution in [0.25, 0.3) is 0 Å². The fraction of sp³-hybridized carbons (Fsp3) is 0.600. The van der Waals surface area contributed by atoms with Gasteiger partial charge in [-0.2, -0.15) is 0 Å². The van der Waals surface area contributed by atoms with Crippen molar-refractivity contribution < 1.29 is 9.13 Å². The molecule has 0 aliphatic heterocycles. The van der Waals surface area contributed by atoms with Gasteiger partial charge in [-0.05, 0) is 50.3 Å². The van der Waals surface area contributed by atoms with Gasteiger partial charge < -0.3 is 10.1 Å². The predicted octanol–water partition coefficient (Wildman–Crippen LogP) is 2.91. The summed E-state index contributed by atoms with van der Waals surface area (Å²) in [5.41, 5.74) is 1.05. The van der Waals surface area contributed by atoms with Crippen LogP contribution in [0.4, 0.5) is 4.39 Å². The summed E-state index contributed by atoms with van der Waals surface area (Å²) >= 11 is 0. The average Bonchev–Trinajstić information content (AvgIpc) is 2.76. The first kappa shape index (κ1) is 13.5. The summed E-state index contributed by atoms with van der Waals surface area (Å²) in [4.78, 5) is 0. The number of hydrogen-bond acceptors (Lipinski definition) is 2. The minimum Gasteiger partial charge on any atom is -0.381 e. The van der Waals surface area contributed by atoms with Crippen LogP contribution in [0.15, 0.2) is 24.3 Å². The van der Waals surface area contributed by atoms with Gasteiger partial charge in [-0.15, -0.1) is 0 Å². The lowest BCUT2D eigenvalue weighted by Crippen LogP contribution is -2.36. The van der Waals surface area contributed by atoms with Crippen LogP contribution in [0.2, 0.25) is 0 Å². The van der Waals surface area contributed by atoms with Crippen LogP contribution in [-0.4, -0.2) is 25.3 Å². The van der Waals surface area contributed by atoms with E-state index in [2.05, 4.69) is 12.2 Å². The second-order valence-corrected chi connectivity index (χ2v) is 5.27. The van der Waals surface area contributed by atoms with Gasteiger partial charge in [0.15, 0.2) is 0 Å². The van der Waals surface area contributed by atoms with Crippen LogP contribution < -0.4 is 5.32 Å². The number of hydrogen-bond donors (Lipinski definition) is 1. The second kappa shape index (κ2) is 6.30. The molecule has 18 heavy (non-hydrogen) atoms. The second-order valence-electron chi connectivity index (χ2n) is 5.27. The van der Waals surface area contributed by atoms with Gasteiger partial charge in [-0.3, -0.25) is 0 Å². The highest BCUT2D eigenvalue weighted by Gasteiger charge is 2.25. The molecule has 0 bridgehead atoms. The summed E-state index contributed by atoms with van der Waals surface area (Å²) in [6.07, 6.45) is 4.67. The van der Waals surface area contributed by atoms with Crippen molar-refractivity contribution in [2.24, 2.45) is 0 Å². The highest BCUT2D eigenvalue weighted by molar-refractivity contribution is 5.17. The third kappa shape index (κ3) is 3.79. The Morgan fingerprint density at radius 3 is 2.94 bits per heavy atom. The van der Waals surface area contributed by atoms with E-state index in [1.807, 2.05) is 6.07 Å². The molecule has 1 N–H and O–H groups in total. The number of ether oxygens (including phenoxy) is 1. The average molecular weight is 251 g/mol. The number of benzene rings is 1. The van der Waals surface area contributed by atoms with Crippen LogP contribution >= 0.6 is 0 Å². The van der Waals surface area contributed by atoms with Crippen molar-refractivity contribution in [1.82, 2.24) is 5.32 Å².